The monoisotopic (exact) mass is 474 g/mol. The number of rotatable bonds is 10. The average molecular weight is 475 g/mol. The Morgan fingerprint density at radius 3 is 2.46 bits per heavy atom. The van der Waals surface area contributed by atoms with Crippen molar-refractivity contribution in [1.29, 1.82) is 0 Å². The molecule has 0 radical (unpaired) electrons. The van der Waals surface area contributed by atoms with Crippen molar-refractivity contribution in [2.75, 3.05) is 5.32 Å². The largest absolute Gasteiger partial charge is 0.445 e. The molecule has 182 valence electrons. The molecule has 0 saturated carbocycles. The number of hydrogen-bond acceptors (Lipinski definition) is 5. The third-order valence-electron chi connectivity index (χ3n) is 5.53. The van der Waals surface area contributed by atoms with Gasteiger partial charge in [-0.1, -0.05) is 62.7 Å². The van der Waals surface area contributed by atoms with Crippen LogP contribution in [0, 0.1) is 5.92 Å². The molecule has 0 unspecified atom stereocenters. The highest BCUT2D eigenvalue weighted by Crippen LogP contribution is 2.15. The molecule has 3 aromatic rings. The number of hydrogen-bond donors (Lipinski definition) is 3. The Kier molecular flexibility index (Phi) is 9.36. The Hall–Kier alpha value is -4.20. The number of carbonyl (C=O) groups is 3. The highest BCUT2D eigenvalue weighted by atomic mass is 16.5. The first-order valence-electron chi connectivity index (χ1n) is 11.5. The third-order valence-corrected chi connectivity index (χ3v) is 5.53. The molecule has 3 N–H and O–H groups in total. The van der Waals surface area contributed by atoms with Crippen molar-refractivity contribution in [2.45, 2.75) is 39.5 Å². The van der Waals surface area contributed by atoms with Crippen LogP contribution < -0.4 is 16.0 Å². The molecule has 0 aliphatic rings. The van der Waals surface area contributed by atoms with Gasteiger partial charge in [0.2, 0.25) is 5.91 Å². The van der Waals surface area contributed by atoms with E-state index in [2.05, 4.69) is 20.9 Å². The molecule has 1 heterocycles. The van der Waals surface area contributed by atoms with Gasteiger partial charge in [-0.15, -0.1) is 0 Å². The van der Waals surface area contributed by atoms with Crippen molar-refractivity contribution >= 4 is 23.6 Å². The van der Waals surface area contributed by atoms with Gasteiger partial charge in [-0.05, 0) is 41.8 Å². The van der Waals surface area contributed by atoms with E-state index < -0.39 is 12.1 Å². The molecule has 35 heavy (non-hydrogen) atoms. The Bertz CT molecular complexity index is 1120. The Labute approximate surface area is 205 Å². The summed E-state index contributed by atoms with van der Waals surface area (Å²) in [6.07, 6.45) is 1.67. The molecule has 0 aliphatic carbocycles. The number of nitrogens with one attached hydrogen (secondary N) is 3. The molecule has 3 rings (SSSR count). The van der Waals surface area contributed by atoms with Gasteiger partial charge < -0.3 is 20.7 Å². The highest BCUT2D eigenvalue weighted by molar-refractivity contribution is 5.99. The highest BCUT2D eigenvalue weighted by Gasteiger charge is 2.27. The maximum absolute atomic E-state index is 13.0. The van der Waals surface area contributed by atoms with Crippen molar-refractivity contribution in [3.8, 4) is 0 Å². The maximum Gasteiger partial charge on any atom is 0.408 e. The summed E-state index contributed by atoms with van der Waals surface area (Å²) >= 11 is 0. The van der Waals surface area contributed by atoms with E-state index in [-0.39, 0.29) is 24.3 Å². The third kappa shape index (κ3) is 7.96. The maximum atomic E-state index is 13.0. The van der Waals surface area contributed by atoms with Gasteiger partial charge in [0.05, 0.1) is 12.2 Å². The van der Waals surface area contributed by atoms with Crippen LogP contribution in [0.25, 0.3) is 0 Å². The summed E-state index contributed by atoms with van der Waals surface area (Å²) in [4.78, 5) is 42.1. The summed E-state index contributed by atoms with van der Waals surface area (Å²) in [5.41, 5.74) is 2.44. The van der Waals surface area contributed by atoms with Gasteiger partial charge in [0, 0.05) is 17.4 Å². The van der Waals surface area contributed by atoms with Gasteiger partial charge in [-0.25, -0.2) is 4.79 Å². The lowest BCUT2D eigenvalue weighted by molar-refractivity contribution is -0.119. The van der Waals surface area contributed by atoms with Crippen molar-refractivity contribution in [3.05, 3.63) is 95.8 Å². The number of nitrogens with zero attached hydrogens (tertiary/aromatic N) is 1. The predicted molar refractivity (Wildman–Crippen MR) is 133 cm³/mol. The summed E-state index contributed by atoms with van der Waals surface area (Å²) < 4.78 is 5.28. The van der Waals surface area contributed by atoms with Crippen LogP contribution in [0.5, 0.6) is 0 Å². The minimum absolute atomic E-state index is 0.108. The Morgan fingerprint density at radius 1 is 0.971 bits per heavy atom. The minimum Gasteiger partial charge on any atom is -0.445 e. The van der Waals surface area contributed by atoms with E-state index in [0.29, 0.717) is 24.2 Å². The van der Waals surface area contributed by atoms with Crippen LogP contribution in [0.3, 0.4) is 0 Å². The van der Waals surface area contributed by atoms with Crippen LogP contribution in [0.4, 0.5) is 10.5 Å². The van der Waals surface area contributed by atoms with E-state index in [1.54, 1.807) is 30.5 Å². The second-order valence-corrected chi connectivity index (χ2v) is 8.14. The molecule has 0 saturated heterocycles. The van der Waals surface area contributed by atoms with Gasteiger partial charge in [0.25, 0.3) is 5.91 Å². The molecule has 2 aromatic carbocycles. The van der Waals surface area contributed by atoms with Crippen molar-refractivity contribution in [2.24, 2.45) is 5.92 Å². The summed E-state index contributed by atoms with van der Waals surface area (Å²) in [6.45, 7) is 4.22. The van der Waals surface area contributed by atoms with Crippen LogP contribution in [0.1, 0.15) is 41.9 Å². The van der Waals surface area contributed by atoms with E-state index >= 15 is 0 Å². The Morgan fingerprint density at radius 2 is 1.74 bits per heavy atom. The second-order valence-electron chi connectivity index (χ2n) is 8.14. The molecule has 0 aliphatic heterocycles. The number of aromatic nitrogens is 1. The molecule has 0 spiro atoms. The molecule has 3 amide bonds. The fourth-order valence-electron chi connectivity index (χ4n) is 3.33. The molecular formula is C27H30N4O4. The summed E-state index contributed by atoms with van der Waals surface area (Å²) in [5, 5.41) is 8.29. The van der Waals surface area contributed by atoms with E-state index in [1.807, 2.05) is 62.4 Å². The zero-order valence-corrected chi connectivity index (χ0v) is 19.9. The van der Waals surface area contributed by atoms with Gasteiger partial charge in [-0.3, -0.25) is 14.6 Å². The first kappa shape index (κ1) is 25.4. The molecular weight excluding hydrogens is 444 g/mol. The lowest BCUT2D eigenvalue weighted by atomic mass is 9.98. The van der Waals surface area contributed by atoms with E-state index in [9.17, 15) is 14.4 Å². The van der Waals surface area contributed by atoms with Gasteiger partial charge in [-0.2, -0.15) is 0 Å². The first-order valence-corrected chi connectivity index (χ1v) is 11.5. The Balaban J connectivity index is 1.59. The molecule has 1 aromatic heterocycles. The van der Waals surface area contributed by atoms with Crippen molar-refractivity contribution < 1.29 is 19.1 Å². The quantitative estimate of drug-likeness (QED) is 0.406. The standard InChI is InChI=1S/C27H30N4O4/c1-3-19(2)24(31-27(34)35-18-20-10-5-4-6-11-20)26(33)30-22-14-9-12-21(16-22)25(32)29-17-23-13-7-8-15-28-23/h4-16,19,24H,3,17-18H2,1-2H3,(H,29,32)(H,30,33)(H,31,34)/t19-,24-/m0/s1. The second kappa shape index (κ2) is 12.9. The van der Waals surface area contributed by atoms with Crippen LogP contribution in [-0.4, -0.2) is 28.9 Å². The fourth-order valence-corrected chi connectivity index (χ4v) is 3.33. The zero-order valence-electron chi connectivity index (χ0n) is 19.9. The van der Waals surface area contributed by atoms with E-state index in [4.69, 9.17) is 4.74 Å². The van der Waals surface area contributed by atoms with Gasteiger partial charge >= 0.3 is 6.09 Å². The van der Waals surface area contributed by atoms with Crippen LogP contribution in [0.15, 0.2) is 79.0 Å². The predicted octanol–water partition coefficient (Wildman–Crippen LogP) is 4.29. The number of pyridine rings is 1. The summed E-state index contributed by atoms with van der Waals surface area (Å²) in [7, 11) is 0. The minimum atomic E-state index is -0.801. The molecule has 0 bridgehead atoms. The molecule has 0 fully saturated rings. The molecule has 2 atom stereocenters. The molecule has 8 nitrogen and oxygen atoms in total. The van der Waals surface area contributed by atoms with Crippen LogP contribution >= 0.6 is 0 Å². The molecule has 8 heteroatoms. The number of ether oxygens (including phenoxy) is 1. The SMILES string of the molecule is CC[C@H](C)[C@H](NC(=O)OCc1ccccc1)C(=O)Nc1cccc(C(=O)NCc2ccccn2)c1. The summed E-state index contributed by atoms with van der Waals surface area (Å²) in [6, 6.07) is 20.6. The topological polar surface area (TPSA) is 109 Å². The summed E-state index contributed by atoms with van der Waals surface area (Å²) in [5.74, 6) is -0.806. The smallest absolute Gasteiger partial charge is 0.408 e. The number of alkyl carbamates (subject to hydrolysis) is 1. The van der Waals surface area contributed by atoms with Gasteiger partial charge in [0.15, 0.2) is 0 Å². The average Bonchev–Trinajstić information content (AvgIpc) is 2.90. The number of carbonyl (C=O) groups excluding carboxylic acids is 3. The number of benzene rings is 2. The van der Waals surface area contributed by atoms with Crippen molar-refractivity contribution in [3.63, 3.8) is 0 Å². The lowest BCUT2D eigenvalue weighted by Crippen LogP contribution is -2.47. The number of anilines is 1. The first-order chi connectivity index (χ1) is 17.0. The zero-order chi connectivity index (χ0) is 25.0. The normalized spacial score (nSPS) is 12.2. The van der Waals surface area contributed by atoms with Crippen LogP contribution in [-0.2, 0) is 22.7 Å². The number of amides is 3. The van der Waals surface area contributed by atoms with E-state index in [1.165, 1.54) is 0 Å². The fraction of sp³-hybridized carbons (Fsp3) is 0.259. The van der Waals surface area contributed by atoms with Crippen molar-refractivity contribution in [1.82, 2.24) is 15.6 Å². The lowest BCUT2D eigenvalue weighted by Gasteiger charge is -2.23. The van der Waals surface area contributed by atoms with Gasteiger partial charge in [0.1, 0.15) is 12.6 Å². The van der Waals surface area contributed by atoms with Crippen LogP contribution in [0.2, 0.25) is 0 Å². The van der Waals surface area contributed by atoms with E-state index in [0.717, 1.165) is 11.3 Å².